The molecule has 6 heteroatoms. The predicted octanol–water partition coefficient (Wildman–Crippen LogP) is -0.926. The molecule has 2 unspecified atom stereocenters. The molecule has 1 rings (SSSR count). The summed E-state index contributed by atoms with van der Waals surface area (Å²) in [5.41, 5.74) is 4.78. The first-order valence-electron chi connectivity index (χ1n) is 5.10. The zero-order valence-electron chi connectivity index (χ0n) is 8.53. The molecule has 0 aromatic rings. The maximum atomic E-state index is 11.0. The van der Waals surface area contributed by atoms with Gasteiger partial charge in [-0.2, -0.15) is 0 Å². The second-order valence-corrected chi connectivity index (χ2v) is 3.75. The third-order valence-electron chi connectivity index (χ3n) is 2.52. The van der Waals surface area contributed by atoms with Gasteiger partial charge in [0.05, 0.1) is 12.6 Å². The number of primary amides is 1. The average Bonchev–Trinajstić information content (AvgIpc) is 2.15. The van der Waals surface area contributed by atoms with E-state index in [-0.39, 0.29) is 12.6 Å². The normalized spacial score (nSPS) is 25.9. The van der Waals surface area contributed by atoms with Crippen molar-refractivity contribution in [2.24, 2.45) is 5.73 Å². The number of nitrogens with one attached hydrogen (secondary N) is 2. The zero-order valence-corrected chi connectivity index (χ0v) is 8.53. The molecule has 5 N–H and O–H groups in total. The summed E-state index contributed by atoms with van der Waals surface area (Å²) in [5.74, 6) is -0.472. The van der Waals surface area contributed by atoms with Crippen molar-refractivity contribution in [2.45, 2.75) is 37.8 Å². The van der Waals surface area contributed by atoms with Crippen molar-refractivity contribution in [1.29, 1.82) is 0 Å². The number of amides is 3. The van der Waals surface area contributed by atoms with E-state index < -0.39 is 18.0 Å². The van der Waals surface area contributed by atoms with Gasteiger partial charge in [-0.3, -0.25) is 10.1 Å². The lowest BCUT2D eigenvalue weighted by molar-refractivity contribution is -0.119. The van der Waals surface area contributed by atoms with Crippen molar-refractivity contribution in [1.82, 2.24) is 10.6 Å². The van der Waals surface area contributed by atoms with Crippen LogP contribution in [-0.4, -0.2) is 35.7 Å². The van der Waals surface area contributed by atoms with Crippen LogP contribution in [0.3, 0.4) is 0 Å². The summed E-state index contributed by atoms with van der Waals surface area (Å²) in [4.78, 5) is 21.4. The van der Waals surface area contributed by atoms with Gasteiger partial charge in [0.1, 0.15) is 0 Å². The molecule has 1 saturated carbocycles. The summed E-state index contributed by atoms with van der Waals surface area (Å²) >= 11 is 0. The molecule has 1 aliphatic rings. The highest BCUT2D eigenvalue weighted by molar-refractivity contribution is 5.94. The Labute approximate surface area is 88.2 Å². The molecular weight excluding hydrogens is 198 g/mol. The van der Waals surface area contributed by atoms with Gasteiger partial charge in [0.15, 0.2) is 0 Å². The molecule has 2 atom stereocenters. The van der Waals surface area contributed by atoms with Crippen molar-refractivity contribution >= 4 is 11.9 Å². The van der Waals surface area contributed by atoms with Gasteiger partial charge in [0.25, 0.3) is 0 Å². The summed E-state index contributed by atoms with van der Waals surface area (Å²) in [6.45, 7) is 0.00463. The van der Waals surface area contributed by atoms with Gasteiger partial charge in [-0.15, -0.1) is 0 Å². The Morgan fingerprint density at radius 1 is 1.33 bits per heavy atom. The van der Waals surface area contributed by atoms with E-state index in [9.17, 15) is 14.7 Å². The van der Waals surface area contributed by atoms with Crippen molar-refractivity contribution in [3.63, 3.8) is 0 Å². The number of aliphatic hydroxyl groups is 1. The van der Waals surface area contributed by atoms with Crippen LogP contribution in [0.5, 0.6) is 0 Å². The number of aliphatic hydroxyl groups excluding tert-OH is 1. The fourth-order valence-corrected chi connectivity index (χ4v) is 1.75. The predicted molar refractivity (Wildman–Crippen MR) is 54.0 cm³/mol. The molecule has 0 heterocycles. The van der Waals surface area contributed by atoms with E-state index in [4.69, 9.17) is 5.73 Å². The highest BCUT2D eigenvalue weighted by atomic mass is 16.3. The van der Waals surface area contributed by atoms with Crippen molar-refractivity contribution in [3.8, 4) is 0 Å². The second kappa shape index (κ2) is 5.67. The maximum absolute atomic E-state index is 11.0. The van der Waals surface area contributed by atoms with Gasteiger partial charge in [0.2, 0.25) is 5.91 Å². The molecule has 0 aromatic heterocycles. The van der Waals surface area contributed by atoms with Crippen LogP contribution in [0.25, 0.3) is 0 Å². The maximum Gasteiger partial charge on any atom is 0.318 e. The molecule has 0 aromatic carbocycles. The van der Waals surface area contributed by atoms with Crippen molar-refractivity contribution in [3.05, 3.63) is 0 Å². The molecule has 86 valence electrons. The Morgan fingerprint density at radius 2 is 2.00 bits per heavy atom. The zero-order chi connectivity index (χ0) is 11.3. The molecule has 0 bridgehead atoms. The van der Waals surface area contributed by atoms with Gasteiger partial charge >= 0.3 is 6.03 Å². The van der Waals surface area contributed by atoms with E-state index in [0.29, 0.717) is 0 Å². The Hall–Kier alpha value is -1.14. The Balaban J connectivity index is 2.23. The van der Waals surface area contributed by atoms with E-state index in [1.807, 2.05) is 5.32 Å². The molecular formula is C9H17N3O3. The summed E-state index contributed by atoms with van der Waals surface area (Å²) in [7, 11) is 0. The lowest BCUT2D eigenvalue weighted by Crippen LogP contribution is -2.48. The highest BCUT2D eigenvalue weighted by Gasteiger charge is 2.22. The van der Waals surface area contributed by atoms with Crippen LogP contribution in [0.15, 0.2) is 0 Å². The monoisotopic (exact) mass is 215 g/mol. The summed E-state index contributed by atoms with van der Waals surface area (Å²) in [6.07, 6.45) is 3.28. The quantitative estimate of drug-likeness (QED) is 0.488. The van der Waals surface area contributed by atoms with E-state index in [0.717, 1.165) is 25.7 Å². The SMILES string of the molecule is NC(=O)NC(=O)CNC1CCCCC1O. The third kappa shape index (κ3) is 4.26. The van der Waals surface area contributed by atoms with Gasteiger partial charge < -0.3 is 16.2 Å². The Morgan fingerprint density at radius 3 is 2.60 bits per heavy atom. The summed E-state index contributed by atoms with van der Waals surface area (Å²) in [6, 6.07) is -0.914. The topological polar surface area (TPSA) is 104 Å². The van der Waals surface area contributed by atoms with Crippen LogP contribution in [-0.2, 0) is 4.79 Å². The van der Waals surface area contributed by atoms with Crippen LogP contribution in [0.2, 0.25) is 0 Å². The van der Waals surface area contributed by atoms with E-state index in [1.54, 1.807) is 0 Å². The molecule has 15 heavy (non-hydrogen) atoms. The van der Waals surface area contributed by atoms with E-state index >= 15 is 0 Å². The Bertz CT molecular complexity index is 245. The van der Waals surface area contributed by atoms with Crippen LogP contribution in [0, 0.1) is 0 Å². The smallest absolute Gasteiger partial charge is 0.318 e. The fourth-order valence-electron chi connectivity index (χ4n) is 1.75. The minimum atomic E-state index is -0.856. The van der Waals surface area contributed by atoms with E-state index in [2.05, 4.69) is 5.32 Å². The van der Waals surface area contributed by atoms with Crippen LogP contribution >= 0.6 is 0 Å². The molecule has 6 nitrogen and oxygen atoms in total. The number of hydrogen-bond donors (Lipinski definition) is 4. The molecule has 0 spiro atoms. The minimum Gasteiger partial charge on any atom is -0.392 e. The summed E-state index contributed by atoms with van der Waals surface area (Å²) < 4.78 is 0. The van der Waals surface area contributed by atoms with Crippen molar-refractivity contribution in [2.75, 3.05) is 6.54 Å². The fraction of sp³-hybridized carbons (Fsp3) is 0.778. The Kier molecular flexibility index (Phi) is 4.51. The first-order valence-corrected chi connectivity index (χ1v) is 5.10. The number of imide groups is 1. The number of nitrogens with two attached hydrogens (primary N) is 1. The van der Waals surface area contributed by atoms with Crippen LogP contribution < -0.4 is 16.4 Å². The molecule has 0 aliphatic heterocycles. The third-order valence-corrected chi connectivity index (χ3v) is 2.52. The molecule has 1 aliphatic carbocycles. The minimum absolute atomic E-state index is 0.00463. The number of hydrogen-bond acceptors (Lipinski definition) is 4. The lowest BCUT2D eigenvalue weighted by Gasteiger charge is -2.28. The first-order chi connectivity index (χ1) is 7.09. The van der Waals surface area contributed by atoms with Crippen LogP contribution in [0.4, 0.5) is 4.79 Å². The first kappa shape index (κ1) is 11.9. The summed E-state index contributed by atoms with van der Waals surface area (Å²) in [5, 5.41) is 14.4. The second-order valence-electron chi connectivity index (χ2n) is 3.75. The van der Waals surface area contributed by atoms with Crippen LogP contribution in [0.1, 0.15) is 25.7 Å². The molecule has 0 saturated heterocycles. The number of carbonyl (C=O) groups is 2. The molecule has 0 radical (unpaired) electrons. The van der Waals surface area contributed by atoms with E-state index in [1.165, 1.54) is 0 Å². The van der Waals surface area contributed by atoms with Crippen molar-refractivity contribution < 1.29 is 14.7 Å². The molecule has 1 fully saturated rings. The lowest BCUT2D eigenvalue weighted by atomic mass is 9.93. The standard InChI is InChI=1S/C9H17N3O3/c10-9(15)12-8(14)5-11-6-3-1-2-4-7(6)13/h6-7,11,13H,1-5H2,(H3,10,12,14,15). The van der Waals surface area contributed by atoms with Gasteiger partial charge in [0, 0.05) is 6.04 Å². The number of rotatable bonds is 3. The van der Waals surface area contributed by atoms with Gasteiger partial charge in [-0.25, -0.2) is 4.79 Å². The number of urea groups is 1. The number of carbonyl (C=O) groups excluding carboxylic acids is 2. The van der Waals surface area contributed by atoms with Gasteiger partial charge in [-0.1, -0.05) is 12.8 Å². The van der Waals surface area contributed by atoms with Gasteiger partial charge in [-0.05, 0) is 12.8 Å². The highest BCUT2D eigenvalue weighted by Crippen LogP contribution is 2.17. The molecule has 3 amide bonds. The average molecular weight is 215 g/mol. The largest absolute Gasteiger partial charge is 0.392 e.